The van der Waals surface area contributed by atoms with Crippen LogP contribution < -0.4 is 14.4 Å². The Morgan fingerprint density at radius 2 is 2.00 bits per heavy atom. The van der Waals surface area contributed by atoms with Crippen LogP contribution in [-0.4, -0.2) is 34.2 Å². The zero-order valence-electron chi connectivity index (χ0n) is 17.1. The summed E-state index contributed by atoms with van der Waals surface area (Å²) >= 11 is 0. The largest absolute Gasteiger partial charge is 0.497 e. The summed E-state index contributed by atoms with van der Waals surface area (Å²) in [7, 11) is -1.96. The Labute approximate surface area is 172 Å². The van der Waals surface area contributed by atoms with Gasteiger partial charge in [0.05, 0.1) is 25.1 Å². The van der Waals surface area contributed by atoms with Gasteiger partial charge in [0.15, 0.2) is 0 Å². The van der Waals surface area contributed by atoms with Gasteiger partial charge in [0.2, 0.25) is 15.9 Å². The first-order valence-corrected chi connectivity index (χ1v) is 11.7. The average Bonchev–Trinajstić information content (AvgIpc) is 2.71. The van der Waals surface area contributed by atoms with E-state index in [0.29, 0.717) is 12.1 Å². The molecule has 7 heteroatoms. The summed E-state index contributed by atoms with van der Waals surface area (Å²) in [5.41, 5.74) is 3.68. The Bertz CT molecular complexity index is 988. The highest BCUT2D eigenvalue weighted by Crippen LogP contribution is 2.32. The van der Waals surface area contributed by atoms with Gasteiger partial charge in [0.1, 0.15) is 12.3 Å². The number of para-hydroxylation sites is 1. The van der Waals surface area contributed by atoms with Crippen molar-refractivity contribution in [1.82, 2.24) is 5.32 Å². The number of carbonyl (C=O) groups is 1. The maximum atomic E-state index is 12.8. The van der Waals surface area contributed by atoms with Crippen LogP contribution in [0.15, 0.2) is 42.5 Å². The van der Waals surface area contributed by atoms with Crippen LogP contribution in [0.1, 0.15) is 42.5 Å². The predicted molar refractivity (Wildman–Crippen MR) is 115 cm³/mol. The molecule has 6 nitrogen and oxygen atoms in total. The van der Waals surface area contributed by atoms with E-state index in [4.69, 9.17) is 4.74 Å². The number of fused-ring (bicyclic) bond motifs is 1. The minimum Gasteiger partial charge on any atom is -0.497 e. The minimum atomic E-state index is -3.60. The first-order valence-electron chi connectivity index (χ1n) is 9.85. The van der Waals surface area contributed by atoms with Crippen LogP contribution in [0.3, 0.4) is 0 Å². The van der Waals surface area contributed by atoms with E-state index in [9.17, 15) is 13.2 Å². The number of sulfonamides is 1. The second kappa shape index (κ2) is 8.86. The lowest BCUT2D eigenvalue weighted by molar-refractivity contribution is -0.120. The van der Waals surface area contributed by atoms with E-state index in [1.807, 2.05) is 37.3 Å². The second-order valence-corrected chi connectivity index (χ2v) is 9.24. The number of nitrogens with one attached hydrogen (secondary N) is 1. The number of methoxy groups -OCH3 is 1. The zero-order chi connectivity index (χ0) is 21.0. The molecule has 1 aliphatic rings. The molecule has 1 N–H and O–H groups in total. The van der Waals surface area contributed by atoms with E-state index < -0.39 is 10.0 Å². The van der Waals surface area contributed by atoms with Crippen LogP contribution in [0.4, 0.5) is 5.69 Å². The summed E-state index contributed by atoms with van der Waals surface area (Å²) in [6.45, 7) is 1.73. The third-order valence-corrected chi connectivity index (χ3v) is 6.45. The molecule has 0 heterocycles. The van der Waals surface area contributed by atoms with Gasteiger partial charge in [-0.3, -0.25) is 9.10 Å². The molecule has 0 fully saturated rings. The highest BCUT2D eigenvalue weighted by atomic mass is 32.2. The number of nitrogens with zero attached hydrogens (tertiary/aromatic N) is 1. The topological polar surface area (TPSA) is 75.7 Å². The summed E-state index contributed by atoms with van der Waals surface area (Å²) in [4.78, 5) is 12.8. The molecule has 0 aliphatic heterocycles. The Morgan fingerprint density at radius 3 is 2.69 bits per heavy atom. The van der Waals surface area contributed by atoms with Gasteiger partial charge in [-0.25, -0.2) is 8.42 Å². The molecule has 1 atom stereocenters. The van der Waals surface area contributed by atoms with Crippen LogP contribution >= 0.6 is 0 Å². The van der Waals surface area contributed by atoms with Crippen LogP contribution in [0.2, 0.25) is 0 Å². The zero-order valence-corrected chi connectivity index (χ0v) is 18.0. The van der Waals surface area contributed by atoms with Crippen molar-refractivity contribution in [2.75, 3.05) is 24.2 Å². The van der Waals surface area contributed by atoms with E-state index in [2.05, 4.69) is 5.32 Å². The molecule has 0 saturated heterocycles. The number of benzene rings is 2. The van der Waals surface area contributed by atoms with E-state index in [1.54, 1.807) is 19.2 Å². The van der Waals surface area contributed by atoms with E-state index >= 15 is 0 Å². The molecule has 0 bridgehead atoms. The molecule has 0 aromatic heterocycles. The number of carbonyl (C=O) groups excluding carboxylic acids is 1. The van der Waals surface area contributed by atoms with Gasteiger partial charge < -0.3 is 10.1 Å². The standard InChI is InChI=1S/C22H28N2O4S/c1-4-16-8-5-6-11-21(16)24(29(3,26)27)15-22(25)23-20-10-7-9-17-14-18(28-2)12-13-19(17)20/h5-6,8,11-14,20H,4,7,9-10,15H2,1-3H3,(H,23,25). The molecule has 3 rings (SSSR count). The molecule has 1 unspecified atom stereocenters. The molecule has 0 saturated carbocycles. The first-order chi connectivity index (χ1) is 13.8. The molecule has 0 radical (unpaired) electrons. The summed E-state index contributed by atoms with van der Waals surface area (Å²) in [5, 5.41) is 3.04. The lowest BCUT2D eigenvalue weighted by Crippen LogP contribution is -2.42. The van der Waals surface area contributed by atoms with E-state index in [0.717, 1.165) is 48.0 Å². The summed E-state index contributed by atoms with van der Waals surface area (Å²) in [5.74, 6) is 0.491. The van der Waals surface area contributed by atoms with E-state index in [1.165, 1.54) is 4.31 Å². The minimum absolute atomic E-state index is 0.125. The van der Waals surface area contributed by atoms with Gasteiger partial charge in [-0.05, 0) is 60.6 Å². The number of ether oxygens (including phenoxy) is 1. The number of hydrogen-bond acceptors (Lipinski definition) is 4. The van der Waals surface area contributed by atoms with Crippen LogP contribution in [0.5, 0.6) is 5.75 Å². The molecule has 2 aromatic carbocycles. The highest BCUT2D eigenvalue weighted by molar-refractivity contribution is 7.92. The SMILES string of the molecule is CCc1ccccc1N(CC(=O)NC1CCCc2cc(OC)ccc21)S(C)(=O)=O. The summed E-state index contributed by atoms with van der Waals surface area (Å²) in [6, 6.07) is 13.0. The summed E-state index contributed by atoms with van der Waals surface area (Å²) < 4.78 is 31.3. The van der Waals surface area contributed by atoms with Gasteiger partial charge in [-0.15, -0.1) is 0 Å². The Balaban J connectivity index is 1.80. The first kappa shape index (κ1) is 21.2. The molecule has 29 heavy (non-hydrogen) atoms. The monoisotopic (exact) mass is 416 g/mol. The molecule has 1 aliphatic carbocycles. The summed E-state index contributed by atoms with van der Waals surface area (Å²) in [6.07, 6.45) is 4.55. The maximum Gasteiger partial charge on any atom is 0.241 e. The van der Waals surface area contributed by atoms with Gasteiger partial charge in [-0.1, -0.05) is 31.2 Å². The quantitative estimate of drug-likeness (QED) is 0.752. The fourth-order valence-corrected chi connectivity index (χ4v) is 4.76. The van der Waals surface area contributed by atoms with Crippen molar-refractivity contribution in [2.45, 2.75) is 38.6 Å². The van der Waals surface area contributed by atoms with Crippen LogP contribution in [0.25, 0.3) is 0 Å². The van der Waals surface area contributed by atoms with Crippen molar-refractivity contribution >= 4 is 21.6 Å². The smallest absolute Gasteiger partial charge is 0.241 e. The highest BCUT2D eigenvalue weighted by Gasteiger charge is 2.26. The van der Waals surface area contributed by atoms with Crippen molar-refractivity contribution in [2.24, 2.45) is 0 Å². The molecule has 1 amide bonds. The van der Waals surface area contributed by atoms with Crippen molar-refractivity contribution in [3.8, 4) is 5.75 Å². The van der Waals surface area contributed by atoms with Gasteiger partial charge in [0, 0.05) is 0 Å². The lowest BCUT2D eigenvalue weighted by Gasteiger charge is -2.29. The van der Waals surface area contributed by atoms with Crippen molar-refractivity contribution in [1.29, 1.82) is 0 Å². The number of aryl methyl sites for hydroxylation is 2. The molecule has 0 spiro atoms. The van der Waals surface area contributed by atoms with Crippen molar-refractivity contribution in [3.63, 3.8) is 0 Å². The predicted octanol–water partition coefficient (Wildman–Crippen LogP) is 3.22. The lowest BCUT2D eigenvalue weighted by atomic mass is 9.87. The third-order valence-electron chi connectivity index (χ3n) is 5.33. The van der Waals surface area contributed by atoms with Gasteiger partial charge in [0.25, 0.3) is 0 Å². The fourth-order valence-electron chi connectivity index (χ4n) is 3.87. The number of amides is 1. The molecular formula is C22H28N2O4S. The molecular weight excluding hydrogens is 388 g/mol. The van der Waals surface area contributed by atoms with E-state index in [-0.39, 0.29) is 18.5 Å². The normalized spacial score (nSPS) is 16.0. The third kappa shape index (κ3) is 4.90. The number of rotatable bonds is 7. The number of anilines is 1. The average molecular weight is 417 g/mol. The van der Waals surface area contributed by atoms with Crippen LogP contribution in [0, 0.1) is 0 Å². The molecule has 156 valence electrons. The Hall–Kier alpha value is -2.54. The van der Waals surface area contributed by atoms with Crippen LogP contribution in [-0.2, 0) is 27.7 Å². The van der Waals surface area contributed by atoms with Gasteiger partial charge >= 0.3 is 0 Å². The second-order valence-electron chi connectivity index (χ2n) is 7.33. The van der Waals surface area contributed by atoms with Gasteiger partial charge in [-0.2, -0.15) is 0 Å². The number of hydrogen-bond donors (Lipinski definition) is 1. The fraction of sp³-hybridized carbons (Fsp3) is 0.409. The maximum absolute atomic E-state index is 12.8. The van der Waals surface area contributed by atoms with Crippen molar-refractivity contribution in [3.05, 3.63) is 59.2 Å². The Kier molecular flexibility index (Phi) is 6.47. The Morgan fingerprint density at radius 1 is 1.24 bits per heavy atom. The molecule has 2 aromatic rings. The van der Waals surface area contributed by atoms with Crippen molar-refractivity contribution < 1.29 is 17.9 Å².